The molecule has 0 atom stereocenters. The molecule has 0 aliphatic heterocycles. The van der Waals surface area contributed by atoms with Crippen molar-refractivity contribution in [1.29, 1.82) is 0 Å². The minimum Gasteiger partial charge on any atom is -0.351 e. The van der Waals surface area contributed by atoms with Gasteiger partial charge in [-0.2, -0.15) is 0 Å². The van der Waals surface area contributed by atoms with Crippen LogP contribution >= 0.6 is 0 Å². The first-order chi connectivity index (χ1) is 10.3. The Bertz CT molecular complexity index is 559. The third-order valence-corrected chi connectivity index (χ3v) is 6.68. The second kappa shape index (κ2) is 5.64. The van der Waals surface area contributed by atoms with Gasteiger partial charge in [0.15, 0.2) is 0 Å². The maximum atomic E-state index is 12.0. The Balaban J connectivity index is 1.63. The molecule has 0 aromatic heterocycles. The van der Waals surface area contributed by atoms with Crippen molar-refractivity contribution in [3.63, 3.8) is 0 Å². The molecule has 124 valence electrons. The summed E-state index contributed by atoms with van der Waals surface area (Å²) in [6.07, 6.45) is 9.52. The summed E-state index contributed by atoms with van der Waals surface area (Å²) in [6, 6.07) is 0. The van der Waals surface area contributed by atoms with E-state index in [2.05, 4.69) is 12.2 Å². The first-order valence-corrected chi connectivity index (χ1v) is 9.94. The standard InChI is InChI=1S/C16H26N2O3S/c1-11(4-15(19)18-2-3-22(17,20)21)16-8-12-5-13(9-16)7-14(6-12)10-16/h4,12-14H,2-3,5-10H2,1H3,(H,18,19)(H2,17,20,21). The van der Waals surface area contributed by atoms with Gasteiger partial charge in [-0.05, 0) is 68.6 Å². The highest BCUT2D eigenvalue weighted by atomic mass is 32.2. The van der Waals surface area contributed by atoms with Crippen LogP contribution in [0.4, 0.5) is 0 Å². The van der Waals surface area contributed by atoms with E-state index in [1.54, 1.807) is 6.08 Å². The van der Waals surface area contributed by atoms with Crippen molar-refractivity contribution in [3.8, 4) is 0 Å². The smallest absolute Gasteiger partial charge is 0.243 e. The molecule has 3 N–H and O–H groups in total. The van der Waals surface area contributed by atoms with Crippen LogP contribution in [0.15, 0.2) is 11.6 Å². The summed E-state index contributed by atoms with van der Waals surface area (Å²) in [6.45, 7) is 2.15. The zero-order valence-electron chi connectivity index (χ0n) is 13.2. The van der Waals surface area contributed by atoms with Gasteiger partial charge < -0.3 is 5.32 Å². The van der Waals surface area contributed by atoms with Crippen molar-refractivity contribution in [3.05, 3.63) is 11.6 Å². The predicted octanol–water partition coefficient (Wildman–Crippen LogP) is 1.55. The number of hydrogen-bond acceptors (Lipinski definition) is 3. The lowest BCUT2D eigenvalue weighted by Gasteiger charge is -2.57. The molecule has 4 aliphatic rings. The highest BCUT2D eigenvalue weighted by molar-refractivity contribution is 7.89. The van der Waals surface area contributed by atoms with Gasteiger partial charge in [-0.1, -0.05) is 5.57 Å². The Morgan fingerprint density at radius 3 is 2.14 bits per heavy atom. The summed E-state index contributed by atoms with van der Waals surface area (Å²) in [5.74, 6) is 2.13. The highest BCUT2D eigenvalue weighted by Gasteiger charge is 2.51. The second-order valence-corrected chi connectivity index (χ2v) is 9.42. The van der Waals surface area contributed by atoms with Crippen molar-refractivity contribution in [2.75, 3.05) is 12.3 Å². The Labute approximate surface area is 132 Å². The number of carbonyl (C=O) groups excluding carboxylic acids is 1. The molecule has 0 heterocycles. The van der Waals surface area contributed by atoms with Crippen molar-refractivity contribution in [1.82, 2.24) is 5.32 Å². The third kappa shape index (κ3) is 3.38. The van der Waals surface area contributed by atoms with Crippen molar-refractivity contribution in [2.24, 2.45) is 28.3 Å². The molecular formula is C16H26N2O3S. The second-order valence-electron chi connectivity index (χ2n) is 7.68. The van der Waals surface area contributed by atoms with Crippen LogP contribution in [0.25, 0.3) is 0 Å². The number of nitrogens with one attached hydrogen (secondary N) is 1. The van der Waals surface area contributed by atoms with E-state index >= 15 is 0 Å². The minimum atomic E-state index is -3.52. The lowest BCUT2D eigenvalue weighted by atomic mass is 9.48. The molecule has 4 fully saturated rings. The number of nitrogens with two attached hydrogens (primary N) is 1. The summed E-state index contributed by atoms with van der Waals surface area (Å²) in [4.78, 5) is 12.0. The molecule has 0 radical (unpaired) electrons. The Morgan fingerprint density at radius 1 is 1.18 bits per heavy atom. The summed E-state index contributed by atoms with van der Waals surface area (Å²) < 4.78 is 21.8. The lowest BCUT2D eigenvalue weighted by Crippen LogP contribution is -2.46. The van der Waals surface area contributed by atoms with E-state index in [0.29, 0.717) is 0 Å². The fraction of sp³-hybridized carbons (Fsp3) is 0.812. The van der Waals surface area contributed by atoms with E-state index in [1.807, 2.05) is 0 Å². The fourth-order valence-electron chi connectivity index (χ4n) is 5.31. The first-order valence-electron chi connectivity index (χ1n) is 8.23. The molecule has 0 saturated heterocycles. The predicted molar refractivity (Wildman–Crippen MR) is 85.3 cm³/mol. The topological polar surface area (TPSA) is 89.3 Å². The molecule has 5 nitrogen and oxygen atoms in total. The number of carbonyl (C=O) groups is 1. The van der Waals surface area contributed by atoms with Gasteiger partial charge in [0.25, 0.3) is 0 Å². The van der Waals surface area contributed by atoms with Gasteiger partial charge in [0.1, 0.15) is 0 Å². The van der Waals surface area contributed by atoms with Crippen LogP contribution in [0.1, 0.15) is 45.4 Å². The Hall–Kier alpha value is -0.880. The average molecular weight is 326 g/mol. The van der Waals surface area contributed by atoms with E-state index in [1.165, 1.54) is 44.1 Å². The lowest BCUT2D eigenvalue weighted by molar-refractivity contribution is -0.116. The monoisotopic (exact) mass is 326 g/mol. The van der Waals surface area contributed by atoms with Gasteiger partial charge in [-0.15, -0.1) is 0 Å². The van der Waals surface area contributed by atoms with Crippen LogP contribution < -0.4 is 10.5 Å². The van der Waals surface area contributed by atoms with Crippen LogP contribution in [-0.2, 0) is 14.8 Å². The maximum Gasteiger partial charge on any atom is 0.243 e. The van der Waals surface area contributed by atoms with E-state index in [-0.39, 0.29) is 23.6 Å². The largest absolute Gasteiger partial charge is 0.351 e. The molecular weight excluding hydrogens is 300 g/mol. The van der Waals surface area contributed by atoms with Crippen LogP contribution in [0.2, 0.25) is 0 Å². The molecule has 0 aromatic carbocycles. The molecule has 0 aromatic rings. The average Bonchev–Trinajstić information content (AvgIpc) is 2.35. The molecule has 1 amide bonds. The van der Waals surface area contributed by atoms with Crippen molar-refractivity contribution < 1.29 is 13.2 Å². The molecule has 4 bridgehead atoms. The maximum absolute atomic E-state index is 12.0. The molecule has 0 unspecified atom stereocenters. The number of sulfonamides is 1. The van der Waals surface area contributed by atoms with Gasteiger partial charge in [0.05, 0.1) is 5.75 Å². The van der Waals surface area contributed by atoms with E-state index in [0.717, 1.165) is 17.8 Å². The summed E-state index contributed by atoms with van der Waals surface area (Å²) in [5.41, 5.74) is 1.41. The van der Waals surface area contributed by atoms with Gasteiger partial charge >= 0.3 is 0 Å². The van der Waals surface area contributed by atoms with Crippen LogP contribution in [0, 0.1) is 23.2 Å². The number of allylic oxidation sites excluding steroid dienone is 1. The molecule has 4 rings (SSSR count). The molecule has 0 spiro atoms. The number of rotatable bonds is 5. The minimum absolute atomic E-state index is 0.0717. The van der Waals surface area contributed by atoms with Crippen molar-refractivity contribution >= 4 is 15.9 Å². The first kappa shape index (κ1) is 16.0. The molecule has 4 saturated carbocycles. The summed E-state index contributed by atoms with van der Waals surface area (Å²) >= 11 is 0. The SMILES string of the molecule is CC(=CC(=O)NCCS(N)(=O)=O)C12CC3CC(CC(C3)C1)C2. The fourth-order valence-corrected chi connectivity index (χ4v) is 5.70. The Morgan fingerprint density at radius 2 is 1.68 bits per heavy atom. The zero-order chi connectivity index (χ0) is 16.0. The number of hydrogen-bond donors (Lipinski definition) is 2. The van der Waals surface area contributed by atoms with Crippen molar-refractivity contribution in [2.45, 2.75) is 45.4 Å². The van der Waals surface area contributed by atoms with E-state index in [4.69, 9.17) is 5.14 Å². The van der Waals surface area contributed by atoms with Crippen LogP contribution in [0.5, 0.6) is 0 Å². The summed E-state index contributed by atoms with van der Waals surface area (Å²) in [7, 11) is -3.52. The number of primary sulfonamides is 1. The van der Waals surface area contributed by atoms with Gasteiger partial charge in [0, 0.05) is 12.6 Å². The summed E-state index contributed by atoms with van der Waals surface area (Å²) in [5, 5.41) is 7.56. The van der Waals surface area contributed by atoms with Gasteiger partial charge in [0.2, 0.25) is 15.9 Å². The van der Waals surface area contributed by atoms with Crippen LogP contribution in [0.3, 0.4) is 0 Å². The quantitative estimate of drug-likeness (QED) is 0.751. The van der Waals surface area contributed by atoms with Gasteiger partial charge in [-0.3, -0.25) is 4.79 Å². The normalized spacial score (nSPS) is 37.4. The van der Waals surface area contributed by atoms with Gasteiger partial charge in [-0.25, -0.2) is 13.6 Å². The Kier molecular flexibility index (Phi) is 4.10. The van der Waals surface area contributed by atoms with Crippen LogP contribution in [-0.4, -0.2) is 26.6 Å². The van der Waals surface area contributed by atoms with E-state index in [9.17, 15) is 13.2 Å². The molecule has 6 heteroatoms. The van der Waals surface area contributed by atoms with E-state index < -0.39 is 10.0 Å². The molecule has 4 aliphatic carbocycles. The third-order valence-electron chi connectivity index (χ3n) is 5.91. The number of amides is 1. The molecule has 22 heavy (non-hydrogen) atoms. The highest BCUT2D eigenvalue weighted by Crippen LogP contribution is 2.62. The zero-order valence-corrected chi connectivity index (χ0v) is 14.0.